The molecule has 0 saturated carbocycles. The Bertz CT molecular complexity index is 518. The Morgan fingerprint density at radius 2 is 1.93 bits per heavy atom. The molecule has 14 heavy (non-hydrogen) atoms. The van der Waals surface area contributed by atoms with E-state index in [1.807, 2.05) is 0 Å². The van der Waals surface area contributed by atoms with E-state index in [-0.39, 0.29) is 22.3 Å². The summed E-state index contributed by atoms with van der Waals surface area (Å²) in [5, 5.41) is 17.7. The van der Waals surface area contributed by atoms with Crippen LogP contribution >= 0.6 is 0 Å². The lowest BCUT2D eigenvalue weighted by molar-refractivity contribution is -0.163. The largest absolute Gasteiger partial charge is 0.335 e. The topological polar surface area (TPSA) is 76.0 Å². The average molecular weight is 194 g/mol. The van der Waals surface area contributed by atoms with E-state index in [2.05, 4.69) is 16.4 Å². The third-order valence-electron chi connectivity index (χ3n) is 2.08. The van der Waals surface area contributed by atoms with Gasteiger partial charge >= 0.3 is 0 Å². The standard InChI is InChI=1S/C9H6O5/c1-2-4-3-5-6(7(5)10)9(14-12)8(4)13-11/h2-3,11-12H,1H2. The van der Waals surface area contributed by atoms with Gasteiger partial charge in [-0.1, -0.05) is 12.7 Å². The molecule has 0 unspecified atom stereocenters. The van der Waals surface area contributed by atoms with Gasteiger partial charge in [0.25, 0.3) is 0 Å². The number of benzene rings is 1. The summed E-state index contributed by atoms with van der Waals surface area (Å²) in [6.45, 7) is 3.46. The maximum atomic E-state index is 11.1. The molecule has 2 aromatic rings. The Labute approximate surface area is 78.0 Å². The zero-order chi connectivity index (χ0) is 10.3. The lowest BCUT2D eigenvalue weighted by Gasteiger charge is -2.03. The first kappa shape index (κ1) is 8.74. The third kappa shape index (κ3) is 0.935. The van der Waals surface area contributed by atoms with Crippen molar-refractivity contribution in [2.75, 3.05) is 0 Å². The molecule has 0 radical (unpaired) electrons. The molecule has 72 valence electrons. The molecule has 0 heterocycles. The van der Waals surface area contributed by atoms with Gasteiger partial charge in [-0.2, -0.15) is 0 Å². The van der Waals surface area contributed by atoms with Gasteiger partial charge < -0.3 is 9.78 Å². The van der Waals surface area contributed by atoms with Crippen molar-refractivity contribution in [2.24, 2.45) is 0 Å². The highest BCUT2D eigenvalue weighted by atomic mass is 17.1. The van der Waals surface area contributed by atoms with Gasteiger partial charge in [-0.15, -0.1) is 0 Å². The molecule has 0 saturated heterocycles. The lowest BCUT2D eigenvalue weighted by atomic mass is 10.2. The minimum absolute atomic E-state index is 0.118. The number of hydrogen-bond acceptors (Lipinski definition) is 5. The van der Waals surface area contributed by atoms with Gasteiger partial charge in [0.1, 0.15) is 0 Å². The van der Waals surface area contributed by atoms with Gasteiger partial charge in [0, 0.05) is 10.9 Å². The summed E-state index contributed by atoms with van der Waals surface area (Å²) in [4.78, 5) is 19.1. The van der Waals surface area contributed by atoms with Crippen LogP contribution in [0.2, 0.25) is 0 Å². The quantitative estimate of drug-likeness (QED) is 0.570. The summed E-state index contributed by atoms with van der Waals surface area (Å²) in [5.74, 6) is -0.294. The van der Waals surface area contributed by atoms with Crippen molar-refractivity contribution in [3.63, 3.8) is 0 Å². The van der Waals surface area contributed by atoms with Crippen molar-refractivity contribution in [1.29, 1.82) is 0 Å². The minimum Gasteiger partial charge on any atom is -0.335 e. The number of hydrogen-bond donors (Lipinski definition) is 2. The van der Waals surface area contributed by atoms with Crippen LogP contribution in [-0.4, -0.2) is 10.5 Å². The van der Waals surface area contributed by atoms with Crippen molar-refractivity contribution in [1.82, 2.24) is 0 Å². The second-order valence-corrected chi connectivity index (χ2v) is 2.76. The summed E-state index contributed by atoms with van der Waals surface area (Å²) >= 11 is 0. The molecule has 0 aliphatic rings. The molecule has 0 bridgehead atoms. The third-order valence-corrected chi connectivity index (χ3v) is 2.08. The van der Waals surface area contributed by atoms with Gasteiger partial charge in [-0.3, -0.25) is 4.79 Å². The zero-order valence-corrected chi connectivity index (χ0v) is 6.98. The first-order valence-corrected chi connectivity index (χ1v) is 3.75. The van der Waals surface area contributed by atoms with Crippen molar-refractivity contribution in [3.8, 4) is 11.5 Å². The summed E-state index contributed by atoms with van der Waals surface area (Å²) in [5.41, 5.74) is 0.140. The molecular weight excluding hydrogens is 188 g/mol. The highest BCUT2D eigenvalue weighted by Gasteiger charge is 2.26. The van der Waals surface area contributed by atoms with Crippen molar-refractivity contribution >= 4 is 16.8 Å². The van der Waals surface area contributed by atoms with Gasteiger partial charge in [0.15, 0.2) is 5.43 Å². The summed E-state index contributed by atoms with van der Waals surface area (Å²) in [6.07, 6.45) is 1.37. The maximum Gasteiger partial charge on any atom is 0.223 e. The van der Waals surface area contributed by atoms with Gasteiger partial charge in [-0.25, -0.2) is 10.5 Å². The predicted molar refractivity (Wildman–Crippen MR) is 49.2 cm³/mol. The molecule has 2 N–H and O–H groups in total. The van der Waals surface area contributed by atoms with Crippen LogP contribution in [0.5, 0.6) is 11.5 Å². The van der Waals surface area contributed by atoms with Gasteiger partial charge in [-0.05, 0) is 6.07 Å². The smallest absolute Gasteiger partial charge is 0.223 e. The van der Waals surface area contributed by atoms with Crippen LogP contribution in [0, 0.1) is 0 Å². The SMILES string of the molecule is C=Cc1cc2c(=O)c2c(OO)c1OO. The van der Waals surface area contributed by atoms with Crippen molar-refractivity contribution in [2.45, 2.75) is 0 Å². The second-order valence-electron chi connectivity index (χ2n) is 2.76. The fraction of sp³-hybridized carbons (Fsp3) is 0. The minimum atomic E-state index is -0.236. The van der Waals surface area contributed by atoms with E-state index >= 15 is 0 Å². The molecule has 2 aromatic carbocycles. The normalized spacial score (nSPS) is 10.7. The van der Waals surface area contributed by atoms with Crippen LogP contribution in [0.1, 0.15) is 5.56 Å². The van der Waals surface area contributed by atoms with E-state index < -0.39 is 0 Å². The Hall–Kier alpha value is -1.85. The molecule has 0 aliphatic heterocycles. The van der Waals surface area contributed by atoms with Crippen LogP contribution in [0.15, 0.2) is 17.4 Å². The fourth-order valence-corrected chi connectivity index (χ4v) is 1.35. The molecule has 0 atom stereocenters. The van der Waals surface area contributed by atoms with E-state index in [4.69, 9.17) is 10.5 Å². The van der Waals surface area contributed by atoms with E-state index in [9.17, 15) is 4.79 Å². The van der Waals surface area contributed by atoms with Crippen LogP contribution in [-0.2, 0) is 0 Å². The summed E-state index contributed by atoms with van der Waals surface area (Å²) in [6, 6.07) is 1.50. The van der Waals surface area contributed by atoms with E-state index in [0.717, 1.165) is 0 Å². The van der Waals surface area contributed by atoms with Crippen molar-refractivity contribution in [3.05, 3.63) is 28.4 Å². The van der Waals surface area contributed by atoms with Crippen molar-refractivity contribution < 1.29 is 20.3 Å². The Morgan fingerprint density at radius 1 is 1.29 bits per heavy atom. The van der Waals surface area contributed by atoms with E-state index in [1.165, 1.54) is 12.1 Å². The highest BCUT2D eigenvalue weighted by Crippen LogP contribution is 2.40. The second kappa shape index (κ2) is 2.83. The summed E-state index contributed by atoms with van der Waals surface area (Å²) in [7, 11) is 0. The zero-order valence-electron chi connectivity index (χ0n) is 6.98. The highest BCUT2D eigenvalue weighted by molar-refractivity contribution is 6.05. The van der Waals surface area contributed by atoms with E-state index in [1.54, 1.807) is 0 Å². The molecule has 5 heteroatoms. The molecule has 5 nitrogen and oxygen atoms in total. The molecule has 0 aromatic heterocycles. The number of fused-ring (bicyclic) bond motifs is 1. The fourth-order valence-electron chi connectivity index (χ4n) is 1.35. The molecule has 0 amide bonds. The molecule has 0 aliphatic carbocycles. The van der Waals surface area contributed by atoms with Crippen LogP contribution in [0.4, 0.5) is 0 Å². The molecular formula is C9H6O5. The average Bonchev–Trinajstić information content (AvgIpc) is 2.86. The molecule has 0 fully saturated rings. The van der Waals surface area contributed by atoms with Gasteiger partial charge in [0.05, 0.1) is 5.39 Å². The Kier molecular flexibility index (Phi) is 1.77. The van der Waals surface area contributed by atoms with Crippen LogP contribution < -0.4 is 15.2 Å². The predicted octanol–water partition coefficient (Wildman–Crippen LogP) is 1.42. The summed E-state index contributed by atoms with van der Waals surface area (Å²) < 4.78 is 0. The first-order valence-electron chi connectivity index (χ1n) is 3.75. The Balaban J connectivity index is 2.79. The first-order chi connectivity index (χ1) is 6.74. The molecule has 2 rings (SSSR count). The van der Waals surface area contributed by atoms with E-state index in [0.29, 0.717) is 10.9 Å². The Morgan fingerprint density at radius 3 is 2.43 bits per heavy atom. The number of rotatable bonds is 3. The maximum absolute atomic E-state index is 11.1. The van der Waals surface area contributed by atoms with Gasteiger partial charge in [0.2, 0.25) is 11.5 Å². The monoisotopic (exact) mass is 194 g/mol. The molecule has 0 spiro atoms. The lowest BCUT2D eigenvalue weighted by Crippen LogP contribution is -1.92. The van der Waals surface area contributed by atoms with Crippen LogP contribution in [0.3, 0.4) is 0 Å². The van der Waals surface area contributed by atoms with Crippen LogP contribution in [0.25, 0.3) is 16.8 Å².